The Balaban J connectivity index is 2.51. The number of rotatable bonds is 4. The van der Waals surface area contributed by atoms with Gasteiger partial charge in [-0.1, -0.05) is 35.8 Å². The summed E-state index contributed by atoms with van der Waals surface area (Å²) in [6, 6.07) is 5.30. The zero-order valence-corrected chi connectivity index (χ0v) is 10.5. The van der Waals surface area contributed by atoms with Crippen molar-refractivity contribution in [1.82, 2.24) is 10.3 Å². The summed E-state index contributed by atoms with van der Waals surface area (Å²) >= 11 is 3.41. The van der Waals surface area contributed by atoms with Crippen LogP contribution in [-0.4, -0.2) is 22.8 Å². The van der Waals surface area contributed by atoms with E-state index >= 15 is 0 Å². The average molecular weight is 271 g/mol. The van der Waals surface area contributed by atoms with Crippen molar-refractivity contribution in [2.75, 3.05) is 11.9 Å². The summed E-state index contributed by atoms with van der Waals surface area (Å²) in [5.74, 6) is -0.121. The second-order valence-corrected chi connectivity index (χ2v) is 4.76. The molecule has 0 aliphatic rings. The lowest BCUT2D eigenvalue weighted by Gasteiger charge is -2.21. The molecule has 0 radical (unpaired) electrons. The van der Waals surface area contributed by atoms with Gasteiger partial charge in [0, 0.05) is 18.1 Å². The number of hydrogen-bond donors (Lipinski definition) is 1. The fraction of sp³-hybridized carbons (Fsp3) is 0.455. The van der Waals surface area contributed by atoms with Gasteiger partial charge in [-0.15, -0.1) is 0 Å². The molecule has 0 saturated carbocycles. The van der Waals surface area contributed by atoms with Crippen molar-refractivity contribution in [3.63, 3.8) is 0 Å². The molecule has 0 aliphatic carbocycles. The summed E-state index contributed by atoms with van der Waals surface area (Å²) < 4.78 is 0. The Morgan fingerprint density at radius 1 is 1.53 bits per heavy atom. The molecule has 1 rings (SSSR count). The Hall–Kier alpha value is -0.900. The first kappa shape index (κ1) is 12.2. The quantitative estimate of drug-likeness (QED) is 0.853. The molecule has 0 atom stereocenters. The minimum atomic E-state index is -0.121. The first-order valence-corrected chi connectivity index (χ1v) is 5.92. The molecule has 3 nitrogen and oxygen atoms in total. The Morgan fingerprint density at radius 3 is 2.80 bits per heavy atom. The number of amides is 1. The summed E-state index contributed by atoms with van der Waals surface area (Å²) in [7, 11) is 0. The van der Waals surface area contributed by atoms with E-state index in [2.05, 4.69) is 40.1 Å². The zero-order valence-electron chi connectivity index (χ0n) is 8.96. The summed E-state index contributed by atoms with van der Waals surface area (Å²) in [6.07, 6.45) is 1.62. The second-order valence-electron chi connectivity index (χ2n) is 4.20. The van der Waals surface area contributed by atoms with E-state index < -0.39 is 0 Å². The van der Waals surface area contributed by atoms with Crippen molar-refractivity contribution in [1.29, 1.82) is 0 Å². The van der Waals surface area contributed by atoms with Crippen LogP contribution in [0.15, 0.2) is 24.4 Å². The number of nitrogens with one attached hydrogen (secondary N) is 1. The van der Waals surface area contributed by atoms with Gasteiger partial charge in [-0.3, -0.25) is 9.78 Å². The molecule has 0 spiro atoms. The van der Waals surface area contributed by atoms with Gasteiger partial charge in [0.15, 0.2) is 0 Å². The van der Waals surface area contributed by atoms with E-state index in [9.17, 15) is 4.79 Å². The molecular formula is C11H15BrN2O. The molecule has 0 fully saturated rings. The molecule has 1 N–H and O–H groups in total. The van der Waals surface area contributed by atoms with Gasteiger partial charge in [0.05, 0.1) is 0 Å². The van der Waals surface area contributed by atoms with Crippen molar-refractivity contribution < 1.29 is 4.79 Å². The van der Waals surface area contributed by atoms with E-state index in [4.69, 9.17) is 0 Å². The van der Waals surface area contributed by atoms with Gasteiger partial charge >= 0.3 is 0 Å². The van der Waals surface area contributed by atoms with Gasteiger partial charge in [-0.05, 0) is 17.5 Å². The largest absolute Gasteiger partial charge is 0.350 e. The minimum absolute atomic E-state index is 0.0600. The maximum Gasteiger partial charge on any atom is 0.269 e. The number of halogens is 1. The van der Waals surface area contributed by atoms with Crippen LogP contribution >= 0.6 is 15.9 Å². The van der Waals surface area contributed by atoms with E-state index in [0.717, 1.165) is 5.33 Å². The Morgan fingerprint density at radius 2 is 2.27 bits per heavy atom. The minimum Gasteiger partial charge on any atom is -0.350 e. The summed E-state index contributed by atoms with van der Waals surface area (Å²) in [5, 5.41) is 3.71. The number of aromatic nitrogens is 1. The van der Waals surface area contributed by atoms with Gasteiger partial charge in [0.1, 0.15) is 5.69 Å². The molecule has 1 aromatic heterocycles. The number of hydrogen-bond acceptors (Lipinski definition) is 2. The van der Waals surface area contributed by atoms with Crippen molar-refractivity contribution in [3.8, 4) is 0 Å². The lowest BCUT2D eigenvalue weighted by Crippen LogP contribution is -2.35. The van der Waals surface area contributed by atoms with Crippen LogP contribution < -0.4 is 5.32 Å². The van der Waals surface area contributed by atoms with Crippen molar-refractivity contribution in [3.05, 3.63) is 30.1 Å². The van der Waals surface area contributed by atoms with Crippen molar-refractivity contribution >= 4 is 21.8 Å². The molecule has 15 heavy (non-hydrogen) atoms. The van der Waals surface area contributed by atoms with Crippen LogP contribution in [0.25, 0.3) is 0 Å². The molecule has 1 amide bonds. The SMILES string of the molecule is CC(C)(CBr)CNC(=O)c1ccccn1. The highest BCUT2D eigenvalue weighted by Crippen LogP contribution is 2.16. The maximum atomic E-state index is 11.6. The van der Waals surface area contributed by atoms with Crippen LogP contribution in [0.3, 0.4) is 0 Å². The summed E-state index contributed by atoms with van der Waals surface area (Å²) in [5.41, 5.74) is 0.521. The third-order valence-corrected chi connectivity index (χ3v) is 3.50. The number of alkyl halides is 1. The molecular weight excluding hydrogens is 256 g/mol. The number of carbonyl (C=O) groups is 1. The first-order chi connectivity index (χ1) is 7.05. The molecule has 1 aromatic rings. The third kappa shape index (κ3) is 4.00. The van der Waals surface area contributed by atoms with Crippen LogP contribution in [0.5, 0.6) is 0 Å². The molecule has 1 heterocycles. The summed E-state index contributed by atoms with van der Waals surface area (Å²) in [4.78, 5) is 15.6. The highest BCUT2D eigenvalue weighted by Gasteiger charge is 2.17. The number of pyridine rings is 1. The number of nitrogens with zero attached hydrogens (tertiary/aromatic N) is 1. The smallest absolute Gasteiger partial charge is 0.269 e. The molecule has 0 aliphatic heterocycles. The lowest BCUT2D eigenvalue weighted by molar-refractivity contribution is 0.0935. The van der Waals surface area contributed by atoms with Gasteiger partial charge in [0.2, 0.25) is 0 Å². The molecule has 82 valence electrons. The monoisotopic (exact) mass is 270 g/mol. The van der Waals surface area contributed by atoms with E-state index in [1.165, 1.54) is 0 Å². The fourth-order valence-electron chi connectivity index (χ4n) is 0.954. The predicted octanol–water partition coefficient (Wildman–Crippen LogP) is 2.23. The van der Waals surface area contributed by atoms with E-state index in [-0.39, 0.29) is 11.3 Å². The predicted molar refractivity (Wildman–Crippen MR) is 64.1 cm³/mol. The van der Waals surface area contributed by atoms with E-state index in [1.807, 2.05) is 0 Å². The van der Waals surface area contributed by atoms with Crippen LogP contribution in [0, 0.1) is 5.41 Å². The Labute approximate surface area is 98.4 Å². The molecule has 0 saturated heterocycles. The highest BCUT2D eigenvalue weighted by atomic mass is 79.9. The normalized spacial score (nSPS) is 11.1. The fourth-order valence-corrected chi connectivity index (χ4v) is 1.15. The van der Waals surface area contributed by atoms with E-state index in [0.29, 0.717) is 12.2 Å². The molecule has 0 bridgehead atoms. The average Bonchev–Trinajstić information content (AvgIpc) is 2.27. The van der Waals surface area contributed by atoms with Crippen LogP contribution in [0.4, 0.5) is 0 Å². The van der Waals surface area contributed by atoms with Gasteiger partial charge < -0.3 is 5.32 Å². The second kappa shape index (κ2) is 5.26. The lowest BCUT2D eigenvalue weighted by atomic mass is 9.97. The Bertz CT molecular complexity index is 325. The topological polar surface area (TPSA) is 42.0 Å². The van der Waals surface area contributed by atoms with Crippen molar-refractivity contribution in [2.45, 2.75) is 13.8 Å². The molecule has 0 unspecified atom stereocenters. The standard InChI is InChI=1S/C11H15BrN2O/c1-11(2,7-12)8-14-10(15)9-5-3-4-6-13-9/h3-6H,7-8H2,1-2H3,(H,14,15). The maximum absolute atomic E-state index is 11.6. The Kier molecular flexibility index (Phi) is 4.27. The first-order valence-electron chi connectivity index (χ1n) is 4.80. The van der Waals surface area contributed by atoms with Gasteiger partial charge in [0.25, 0.3) is 5.91 Å². The highest BCUT2D eigenvalue weighted by molar-refractivity contribution is 9.09. The summed E-state index contributed by atoms with van der Waals surface area (Å²) in [6.45, 7) is 4.80. The van der Waals surface area contributed by atoms with Gasteiger partial charge in [-0.25, -0.2) is 0 Å². The van der Waals surface area contributed by atoms with Crippen LogP contribution in [0.1, 0.15) is 24.3 Å². The molecule has 0 aromatic carbocycles. The van der Waals surface area contributed by atoms with E-state index in [1.54, 1.807) is 24.4 Å². The number of carbonyl (C=O) groups excluding carboxylic acids is 1. The van der Waals surface area contributed by atoms with Crippen LogP contribution in [-0.2, 0) is 0 Å². The van der Waals surface area contributed by atoms with Crippen molar-refractivity contribution in [2.24, 2.45) is 5.41 Å². The zero-order chi connectivity index (χ0) is 11.3. The third-order valence-electron chi connectivity index (χ3n) is 1.99. The van der Waals surface area contributed by atoms with Crippen LogP contribution in [0.2, 0.25) is 0 Å². The van der Waals surface area contributed by atoms with Gasteiger partial charge in [-0.2, -0.15) is 0 Å². The molecule has 4 heteroatoms.